The van der Waals surface area contributed by atoms with E-state index in [0.717, 1.165) is 38.3 Å². The van der Waals surface area contributed by atoms with Gasteiger partial charge in [-0.3, -0.25) is 0 Å². The predicted molar refractivity (Wildman–Crippen MR) is 68.9 cm³/mol. The molecule has 0 spiro atoms. The van der Waals surface area contributed by atoms with Gasteiger partial charge >= 0.3 is 0 Å². The van der Waals surface area contributed by atoms with Crippen LogP contribution in [0.4, 0.5) is 0 Å². The Morgan fingerprint density at radius 1 is 1.18 bits per heavy atom. The van der Waals surface area contributed by atoms with Crippen LogP contribution in [0.1, 0.15) is 36.8 Å². The highest BCUT2D eigenvalue weighted by Crippen LogP contribution is 2.46. The summed E-state index contributed by atoms with van der Waals surface area (Å²) in [5.74, 6) is 0.791. The third kappa shape index (κ3) is 2.38. The Morgan fingerprint density at radius 3 is 2.59 bits per heavy atom. The van der Waals surface area contributed by atoms with E-state index in [9.17, 15) is 5.11 Å². The van der Waals surface area contributed by atoms with Crippen LogP contribution in [0, 0.1) is 5.92 Å². The fourth-order valence-corrected chi connectivity index (χ4v) is 2.94. The van der Waals surface area contributed by atoms with E-state index in [-0.39, 0.29) is 0 Å². The summed E-state index contributed by atoms with van der Waals surface area (Å²) in [5.41, 5.74) is 2.08. The third-order valence-electron chi connectivity index (χ3n) is 4.21. The third-order valence-corrected chi connectivity index (χ3v) is 4.21. The molecule has 2 heteroatoms. The van der Waals surface area contributed by atoms with E-state index in [2.05, 4.69) is 29.6 Å². The predicted octanol–water partition coefficient (Wildman–Crippen LogP) is 2.21. The highest BCUT2D eigenvalue weighted by atomic mass is 16.3. The molecule has 92 valence electrons. The standard InChI is InChI=1S/C15H21NO/c17-15(7-8-15)14-4-2-1-3-13(14)11-12-5-9-16-10-6-12/h1-4,12,16-17H,5-11H2. The number of benzene rings is 1. The Morgan fingerprint density at radius 2 is 1.88 bits per heavy atom. The fourth-order valence-electron chi connectivity index (χ4n) is 2.94. The molecule has 0 bridgehead atoms. The van der Waals surface area contributed by atoms with Gasteiger partial charge in [0.15, 0.2) is 0 Å². The highest BCUT2D eigenvalue weighted by Gasteiger charge is 2.43. The molecule has 0 aromatic heterocycles. The first-order valence-electron chi connectivity index (χ1n) is 6.79. The Hall–Kier alpha value is -0.860. The quantitative estimate of drug-likeness (QED) is 0.836. The summed E-state index contributed by atoms with van der Waals surface area (Å²) in [6.45, 7) is 2.30. The largest absolute Gasteiger partial charge is 0.385 e. The van der Waals surface area contributed by atoms with Gasteiger partial charge in [-0.05, 0) is 62.2 Å². The van der Waals surface area contributed by atoms with Gasteiger partial charge in [-0.25, -0.2) is 0 Å². The van der Waals surface area contributed by atoms with Crippen LogP contribution in [0.5, 0.6) is 0 Å². The van der Waals surface area contributed by atoms with Crippen LogP contribution < -0.4 is 5.32 Å². The molecule has 2 aliphatic rings. The zero-order valence-electron chi connectivity index (χ0n) is 10.3. The second-order valence-electron chi connectivity index (χ2n) is 5.59. The van der Waals surface area contributed by atoms with E-state index < -0.39 is 5.60 Å². The maximum absolute atomic E-state index is 10.3. The molecule has 3 rings (SSSR count). The average molecular weight is 231 g/mol. The molecular weight excluding hydrogens is 210 g/mol. The molecule has 1 aliphatic carbocycles. The van der Waals surface area contributed by atoms with Crippen molar-refractivity contribution in [1.29, 1.82) is 0 Å². The zero-order chi connectivity index (χ0) is 11.7. The van der Waals surface area contributed by atoms with E-state index in [1.807, 2.05) is 0 Å². The SMILES string of the molecule is OC1(c2ccccc2CC2CCNCC2)CC1. The van der Waals surface area contributed by atoms with Gasteiger partial charge in [-0.1, -0.05) is 24.3 Å². The van der Waals surface area contributed by atoms with Crippen LogP contribution in [0.25, 0.3) is 0 Å². The second-order valence-corrected chi connectivity index (χ2v) is 5.59. The van der Waals surface area contributed by atoms with Gasteiger partial charge < -0.3 is 10.4 Å². The van der Waals surface area contributed by atoms with E-state index in [0.29, 0.717) is 0 Å². The fraction of sp³-hybridized carbons (Fsp3) is 0.600. The number of hydrogen-bond acceptors (Lipinski definition) is 2. The van der Waals surface area contributed by atoms with Crippen LogP contribution in [0.15, 0.2) is 24.3 Å². The normalized spacial score (nSPS) is 23.6. The van der Waals surface area contributed by atoms with Crippen molar-refractivity contribution < 1.29 is 5.11 Å². The van der Waals surface area contributed by atoms with Crippen molar-refractivity contribution in [3.63, 3.8) is 0 Å². The minimum atomic E-state index is -0.483. The van der Waals surface area contributed by atoms with Crippen molar-refractivity contribution in [2.45, 2.75) is 37.7 Å². The Kier molecular flexibility index (Phi) is 2.93. The number of piperidine rings is 1. The van der Waals surface area contributed by atoms with Gasteiger partial charge in [-0.2, -0.15) is 0 Å². The monoisotopic (exact) mass is 231 g/mol. The Labute approximate surface area is 103 Å². The van der Waals surface area contributed by atoms with Crippen molar-refractivity contribution >= 4 is 0 Å². The molecule has 2 nitrogen and oxygen atoms in total. The van der Waals surface area contributed by atoms with Gasteiger partial charge in [0.2, 0.25) is 0 Å². The summed E-state index contributed by atoms with van der Waals surface area (Å²) in [5, 5.41) is 13.7. The van der Waals surface area contributed by atoms with E-state index >= 15 is 0 Å². The molecule has 1 aromatic rings. The zero-order valence-corrected chi connectivity index (χ0v) is 10.3. The lowest BCUT2D eigenvalue weighted by atomic mass is 9.87. The van der Waals surface area contributed by atoms with Crippen molar-refractivity contribution in [1.82, 2.24) is 5.32 Å². The summed E-state index contributed by atoms with van der Waals surface area (Å²) in [6, 6.07) is 8.47. The van der Waals surface area contributed by atoms with Crippen molar-refractivity contribution in [3.05, 3.63) is 35.4 Å². The highest BCUT2D eigenvalue weighted by molar-refractivity contribution is 5.36. The van der Waals surface area contributed by atoms with Crippen molar-refractivity contribution in [2.24, 2.45) is 5.92 Å². The molecule has 0 atom stereocenters. The second kappa shape index (κ2) is 4.43. The summed E-state index contributed by atoms with van der Waals surface area (Å²) >= 11 is 0. The number of aliphatic hydroxyl groups is 1. The first-order chi connectivity index (χ1) is 8.28. The van der Waals surface area contributed by atoms with Crippen LogP contribution in [-0.4, -0.2) is 18.2 Å². The molecule has 0 radical (unpaired) electrons. The lowest BCUT2D eigenvalue weighted by Gasteiger charge is -2.24. The van der Waals surface area contributed by atoms with Gasteiger partial charge in [0, 0.05) is 0 Å². The lowest BCUT2D eigenvalue weighted by molar-refractivity contribution is 0.150. The first kappa shape index (κ1) is 11.2. The minimum absolute atomic E-state index is 0.483. The van der Waals surface area contributed by atoms with E-state index in [1.165, 1.54) is 24.0 Å². The molecule has 1 saturated carbocycles. The maximum atomic E-state index is 10.3. The number of rotatable bonds is 3. The molecule has 2 N–H and O–H groups in total. The molecule has 2 fully saturated rings. The first-order valence-corrected chi connectivity index (χ1v) is 6.79. The summed E-state index contributed by atoms with van der Waals surface area (Å²) in [7, 11) is 0. The molecule has 17 heavy (non-hydrogen) atoms. The van der Waals surface area contributed by atoms with Gasteiger partial charge in [0.1, 0.15) is 0 Å². The van der Waals surface area contributed by atoms with Crippen LogP contribution >= 0.6 is 0 Å². The summed E-state index contributed by atoms with van der Waals surface area (Å²) < 4.78 is 0. The number of hydrogen-bond donors (Lipinski definition) is 2. The summed E-state index contributed by atoms with van der Waals surface area (Å²) in [6.07, 6.45) is 5.56. The molecule has 0 unspecified atom stereocenters. The van der Waals surface area contributed by atoms with E-state index in [1.54, 1.807) is 0 Å². The van der Waals surface area contributed by atoms with Gasteiger partial charge in [-0.15, -0.1) is 0 Å². The Balaban J connectivity index is 1.77. The molecule has 1 aliphatic heterocycles. The molecule has 1 aromatic carbocycles. The smallest absolute Gasteiger partial charge is 0.0901 e. The van der Waals surface area contributed by atoms with Crippen LogP contribution in [0.3, 0.4) is 0 Å². The number of nitrogens with one attached hydrogen (secondary N) is 1. The average Bonchev–Trinajstić information content (AvgIpc) is 3.10. The minimum Gasteiger partial charge on any atom is -0.385 e. The van der Waals surface area contributed by atoms with Crippen molar-refractivity contribution in [3.8, 4) is 0 Å². The van der Waals surface area contributed by atoms with Gasteiger partial charge in [0.05, 0.1) is 5.60 Å². The maximum Gasteiger partial charge on any atom is 0.0901 e. The van der Waals surface area contributed by atoms with Crippen LogP contribution in [0.2, 0.25) is 0 Å². The molecule has 0 amide bonds. The molecular formula is C15H21NO. The summed E-state index contributed by atoms with van der Waals surface area (Å²) in [4.78, 5) is 0. The van der Waals surface area contributed by atoms with Crippen LogP contribution in [-0.2, 0) is 12.0 Å². The topological polar surface area (TPSA) is 32.3 Å². The lowest BCUT2D eigenvalue weighted by Crippen LogP contribution is -2.29. The molecule has 1 heterocycles. The molecule has 1 saturated heterocycles. The Bertz CT molecular complexity index is 392. The van der Waals surface area contributed by atoms with E-state index in [4.69, 9.17) is 0 Å². The van der Waals surface area contributed by atoms with Gasteiger partial charge in [0.25, 0.3) is 0 Å². The van der Waals surface area contributed by atoms with Crippen molar-refractivity contribution in [2.75, 3.05) is 13.1 Å².